The van der Waals surface area contributed by atoms with E-state index in [9.17, 15) is 14.9 Å². The van der Waals surface area contributed by atoms with Crippen LogP contribution < -0.4 is 4.74 Å². The molecule has 0 amide bonds. The predicted molar refractivity (Wildman–Crippen MR) is 64.0 cm³/mol. The number of esters is 1. The Bertz CT molecular complexity index is 647. The first-order chi connectivity index (χ1) is 9.00. The second kappa shape index (κ2) is 4.89. The summed E-state index contributed by atoms with van der Waals surface area (Å²) in [6.07, 6.45) is 1.14. The lowest BCUT2D eigenvalue weighted by molar-refractivity contribution is -0.386. The van der Waals surface area contributed by atoms with Gasteiger partial charge >= 0.3 is 11.7 Å². The zero-order valence-electron chi connectivity index (χ0n) is 10.2. The maximum absolute atomic E-state index is 11.8. The molecule has 0 unspecified atom stereocenters. The molecule has 0 fully saturated rings. The van der Waals surface area contributed by atoms with Gasteiger partial charge in [0, 0.05) is 5.56 Å². The van der Waals surface area contributed by atoms with Crippen molar-refractivity contribution in [3.8, 4) is 5.75 Å². The molecule has 19 heavy (non-hydrogen) atoms. The van der Waals surface area contributed by atoms with Gasteiger partial charge < -0.3 is 9.26 Å². The lowest BCUT2D eigenvalue weighted by Gasteiger charge is -2.05. The number of benzene rings is 1. The number of carbonyl (C=O) groups excluding carboxylic acids is 1. The highest BCUT2D eigenvalue weighted by atomic mass is 16.6. The lowest BCUT2D eigenvalue weighted by Crippen LogP contribution is -2.10. The summed E-state index contributed by atoms with van der Waals surface area (Å²) in [6, 6.07) is 4.51. The average Bonchev–Trinajstić information content (AvgIpc) is 2.75. The van der Waals surface area contributed by atoms with Crippen LogP contribution >= 0.6 is 0 Å². The number of carbonyl (C=O) groups is 1. The number of nitro groups is 1. The minimum atomic E-state index is -0.743. The zero-order chi connectivity index (χ0) is 14.0. The van der Waals surface area contributed by atoms with Gasteiger partial charge in [0.25, 0.3) is 0 Å². The van der Waals surface area contributed by atoms with E-state index in [1.54, 1.807) is 26.0 Å². The van der Waals surface area contributed by atoms with Crippen molar-refractivity contribution >= 4 is 11.7 Å². The largest absolute Gasteiger partial charge is 0.415 e. The quantitative estimate of drug-likeness (QED) is 0.365. The summed E-state index contributed by atoms with van der Waals surface area (Å²) in [5.74, 6) is -0.844. The number of rotatable bonds is 3. The van der Waals surface area contributed by atoms with Crippen LogP contribution in [0.2, 0.25) is 0 Å². The summed E-state index contributed by atoms with van der Waals surface area (Å²) in [5, 5.41) is 14.5. The molecule has 0 aliphatic carbocycles. The Labute approximate surface area is 107 Å². The van der Waals surface area contributed by atoms with Crippen molar-refractivity contribution in [2.24, 2.45) is 0 Å². The van der Waals surface area contributed by atoms with Crippen LogP contribution in [0, 0.1) is 24.0 Å². The molecular formula is C12H10N2O5. The molecule has 2 rings (SSSR count). The maximum Gasteiger partial charge on any atom is 0.349 e. The summed E-state index contributed by atoms with van der Waals surface area (Å²) < 4.78 is 9.65. The smallest absolute Gasteiger partial charge is 0.349 e. The van der Waals surface area contributed by atoms with Gasteiger partial charge in [-0.15, -0.1) is 0 Å². The first kappa shape index (κ1) is 12.7. The minimum absolute atomic E-state index is 0.101. The molecule has 0 aliphatic heterocycles. The van der Waals surface area contributed by atoms with Crippen molar-refractivity contribution in [1.82, 2.24) is 5.16 Å². The number of nitro benzene ring substituents is 1. The van der Waals surface area contributed by atoms with Crippen molar-refractivity contribution in [2.45, 2.75) is 13.8 Å². The van der Waals surface area contributed by atoms with E-state index in [1.165, 1.54) is 6.07 Å². The Balaban J connectivity index is 2.35. The Morgan fingerprint density at radius 2 is 2.16 bits per heavy atom. The topological polar surface area (TPSA) is 95.5 Å². The molecule has 0 aliphatic rings. The molecular weight excluding hydrogens is 252 g/mol. The molecule has 7 heteroatoms. The zero-order valence-corrected chi connectivity index (χ0v) is 10.2. The molecule has 2 aromatic rings. The molecule has 1 aromatic carbocycles. The van der Waals surface area contributed by atoms with E-state index in [4.69, 9.17) is 4.74 Å². The number of ether oxygens (including phenoxy) is 1. The second-order valence-electron chi connectivity index (χ2n) is 3.88. The molecule has 0 spiro atoms. The van der Waals surface area contributed by atoms with E-state index in [0.717, 1.165) is 6.26 Å². The molecule has 0 saturated heterocycles. The molecule has 0 N–H and O–H groups in total. The summed E-state index contributed by atoms with van der Waals surface area (Å²) in [4.78, 5) is 22.2. The summed E-state index contributed by atoms with van der Waals surface area (Å²) in [5.41, 5.74) is 0.679. The monoisotopic (exact) mass is 262 g/mol. The molecule has 98 valence electrons. The number of hydrogen-bond acceptors (Lipinski definition) is 6. The van der Waals surface area contributed by atoms with Crippen LogP contribution in [-0.2, 0) is 0 Å². The highest BCUT2D eigenvalue weighted by molar-refractivity contribution is 5.92. The van der Waals surface area contributed by atoms with Crippen LogP contribution in [0.15, 0.2) is 29.0 Å². The van der Waals surface area contributed by atoms with Gasteiger partial charge in [-0.1, -0.05) is 17.3 Å². The Morgan fingerprint density at radius 1 is 1.42 bits per heavy atom. The number of hydrogen-bond donors (Lipinski definition) is 0. The Morgan fingerprint density at radius 3 is 2.74 bits per heavy atom. The van der Waals surface area contributed by atoms with E-state index in [2.05, 4.69) is 9.68 Å². The van der Waals surface area contributed by atoms with E-state index < -0.39 is 10.9 Å². The molecule has 0 atom stereocenters. The Kier molecular flexibility index (Phi) is 3.28. The van der Waals surface area contributed by atoms with Crippen molar-refractivity contribution in [2.75, 3.05) is 0 Å². The minimum Gasteiger partial charge on any atom is -0.415 e. The summed E-state index contributed by atoms with van der Waals surface area (Å²) in [6.45, 7) is 3.14. The fourth-order valence-electron chi connectivity index (χ4n) is 1.59. The lowest BCUT2D eigenvalue weighted by atomic mass is 10.2. The predicted octanol–water partition coefficient (Wildman–Crippen LogP) is 2.42. The molecule has 0 radical (unpaired) electrons. The van der Waals surface area contributed by atoms with E-state index in [0.29, 0.717) is 11.3 Å². The summed E-state index contributed by atoms with van der Waals surface area (Å²) in [7, 11) is 0. The maximum atomic E-state index is 11.8. The van der Waals surface area contributed by atoms with Gasteiger partial charge in [-0.25, -0.2) is 4.79 Å². The van der Waals surface area contributed by atoms with Crippen LogP contribution in [0.1, 0.15) is 21.6 Å². The van der Waals surface area contributed by atoms with Gasteiger partial charge in [0.2, 0.25) is 5.75 Å². The first-order valence-electron chi connectivity index (χ1n) is 5.38. The number of aryl methyl sites for hydroxylation is 2. The van der Waals surface area contributed by atoms with Crippen LogP contribution in [0.4, 0.5) is 5.69 Å². The first-order valence-corrected chi connectivity index (χ1v) is 5.38. The van der Waals surface area contributed by atoms with E-state index in [-0.39, 0.29) is 17.0 Å². The van der Waals surface area contributed by atoms with Crippen molar-refractivity contribution < 1.29 is 19.0 Å². The number of nitrogens with zero attached hydrogens (tertiary/aromatic N) is 2. The third-order valence-electron chi connectivity index (χ3n) is 2.56. The third kappa shape index (κ3) is 2.44. The van der Waals surface area contributed by atoms with Crippen molar-refractivity contribution in [1.29, 1.82) is 0 Å². The normalized spacial score (nSPS) is 10.2. The van der Waals surface area contributed by atoms with Gasteiger partial charge in [-0.05, 0) is 19.9 Å². The number of aromatic nitrogens is 1. The highest BCUT2D eigenvalue weighted by Gasteiger charge is 2.23. The fourth-order valence-corrected chi connectivity index (χ4v) is 1.59. The average molecular weight is 262 g/mol. The van der Waals surface area contributed by atoms with Gasteiger partial charge in [0.15, 0.2) is 0 Å². The highest BCUT2D eigenvalue weighted by Crippen LogP contribution is 2.30. The second-order valence-corrected chi connectivity index (χ2v) is 3.88. The van der Waals surface area contributed by atoms with Gasteiger partial charge in [0.1, 0.15) is 11.8 Å². The van der Waals surface area contributed by atoms with E-state index in [1.807, 2.05) is 0 Å². The fraction of sp³-hybridized carbons (Fsp3) is 0.167. The van der Waals surface area contributed by atoms with E-state index >= 15 is 0 Å². The third-order valence-corrected chi connectivity index (χ3v) is 2.56. The summed E-state index contributed by atoms with van der Waals surface area (Å²) >= 11 is 0. The molecule has 7 nitrogen and oxygen atoms in total. The molecule has 1 heterocycles. The van der Waals surface area contributed by atoms with Crippen LogP contribution in [-0.4, -0.2) is 16.0 Å². The van der Waals surface area contributed by atoms with Gasteiger partial charge in [-0.3, -0.25) is 10.1 Å². The van der Waals surface area contributed by atoms with Crippen LogP contribution in [0.3, 0.4) is 0 Å². The molecule has 0 bridgehead atoms. The number of para-hydroxylation sites is 1. The molecule has 0 saturated carbocycles. The standard InChI is InChI=1S/C12H10N2O5/c1-7-4-3-5-10(11(7)14(16)17)19-12(15)9-6-18-13-8(9)2/h3-6H,1-2H3. The SMILES string of the molecule is Cc1cccc(OC(=O)c2conc2C)c1[N+](=O)[O-]. The van der Waals surface area contributed by atoms with Gasteiger partial charge in [0.05, 0.1) is 10.6 Å². The van der Waals surface area contributed by atoms with Crippen LogP contribution in [0.5, 0.6) is 5.75 Å². The molecule has 1 aromatic heterocycles. The van der Waals surface area contributed by atoms with Gasteiger partial charge in [-0.2, -0.15) is 0 Å². The van der Waals surface area contributed by atoms with Crippen molar-refractivity contribution in [3.05, 3.63) is 51.4 Å². The Hall–Kier alpha value is -2.70. The van der Waals surface area contributed by atoms with Crippen molar-refractivity contribution in [3.63, 3.8) is 0 Å². The van der Waals surface area contributed by atoms with Crippen LogP contribution in [0.25, 0.3) is 0 Å².